The number of nitrogens with two attached hydrogens (primary N) is 1. The summed E-state index contributed by atoms with van der Waals surface area (Å²) in [5.74, 6) is -0.329. The number of carbonyl (C=O) groups excluding carboxylic acids is 1. The Morgan fingerprint density at radius 1 is 1.56 bits per heavy atom. The minimum atomic E-state index is -1.26. The first-order valence-electron chi connectivity index (χ1n) is 4.54. The van der Waals surface area contributed by atoms with Crippen LogP contribution >= 0.6 is 0 Å². The number of fused-ring (bicyclic) bond motifs is 1. The van der Waals surface area contributed by atoms with Crippen LogP contribution in [0.25, 0.3) is 11.2 Å². The summed E-state index contributed by atoms with van der Waals surface area (Å²) in [5, 5.41) is 12.0. The molecule has 0 bridgehead atoms. The number of hydrogen-bond donors (Lipinski definition) is 4. The first-order valence-corrected chi connectivity index (χ1v) is 4.54. The zero-order chi connectivity index (χ0) is 11.5. The second-order valence-corrected chi connectivity index (χ2v) is 3.12. The molecule has 1 unspecified atom stereocenters. The van der Waals surface area contributed by atoms with Crippen LogP contribution in [0.1, 0.15) is 0 Å². The van der Waals surface area contributed by atoms with E-state index in [1.165, 1.54) is 12.7 Å². The summed E-state index contributed by atoms with van der Waals surface area (Å²) in [6, 6.07) is 0. The molecule has 0 saturated carbocycles. The molecule has 0 aliphatic heterocycles. The van der Waals surface area contributed by atoms with Crippen LogP contribution < -0.4 is 11.1 Å². The van der Waals surface area contributed by atoms with Gasteiger partial charge in [0.05, 0.1) is 12.9 Å². The maximum Gasteiger partial charge on any atom is 0.248 e. The number of nitrogens with zero attached hydrogens (tertiary/aromatic N) is 3. The molecule has 2 heterocycles. The van der Waals surface area contributed by atoms with E-state index in [9.17, 15) is 9.90 Å². The number of carbonyl (C=O) groups is 1. The quantitative estimate of drug-likeness (QED) is 0.504. The summed E-state index contributed by atoms with van der Waals surface area (Å²) in [6.45, 7) is -0.0134. The number of H-pyrrole nitrogens is 1. The molecule has 0 saturated heterocycles. The van der Waals surface area contributed by atoms with Crippen molar-refractivity contribution in [2.24, 2.45) is 5.73 Å². The summed E-state index contributed by atoms with van der Waals surface area (Å²) in [6.07, 6.45) is 1.56. The van der Waals surface area contributed by atoms with Gasteiger partial charge in [0.1, 0.15) is 17.9 Å². The molecule has 16 heavy (non-hydrogen) atoms. The van der Waals surface area contributed by atoms with Crippen molar-refractivity contribution in [3.63, 3.8) is 0 Å². The maximum atomic E-state index is 10.6. The van der Waals surface area contributed by atoms with Crippen LogP contribution in [0.5, 0.6) is 0 Å². The number of rotatable bonds is 4. The number of nitrogens with one attached hydrogen (secondary N) is 2. The highest BCUT2D eigenvalue weighted by atomic mass is 16.3. The number of aromatic amines is 1. The van der Waals surface area contributed by atoms with Gasteiger partial charge < -0.3 is 21.1 Å². The Morgan fingerprint density at radius 3 is 3.12 bits per heavy atom. The molecule has 84 valence electrons. The van der Waals surface area contributed by atoms with Crippen molar-refractivity contribution in [1.29, 1.82) is 0 Å². The predicted molar refractivity (Wildman–Crippen MR) is 55.4 cm³/mol. The molecule has 8 heteroatoms. The Morgan fingerprint density at radius 2 is 2.38 bits per heavy atom. The molecule has 2 aromatic heterocycles. The molecule has 1 atom stereocenters. The molecule has 5 N–H and O–H groups in total. The van der Waals surface area contributed by atoms with E-state index in [4.69, 9.17) is 5.73 Å². The van der Waals surface area contributed by atoms with Gasteiger partial charge in [0, 0.05) is 0 Å². The third-order valence-corrected chi connectivity index (χ3v) is 2.01. The first kappa shape index (κ1) is 10.3. The van der Waals surface area contributed by atoms with Crippen LogP contribution in [0.15, 0.2) is 12.7 Å². The van der Waals surface area contributed by atoms with Crippen molar-refractivity contribution in [2.45, 2.75) is 6.10 Å². The third-order valence-electron chi connectivity index (χ3n) is 2.01. The van der Waals surface area contributed by atoms with Gasteiger partial charge in [-0.15, -0.1) is 0 Å². The van der Waals surface area contributed by atoms with Gasteiger partial charge in [-0.25, -0.2) is 15.0 Å². The van der Waals surface area contributed by atoms with Crippen LogP contribution in [0, 0.1) is 0 Å². The molecule has 2 rings (SSSR count). The summed E-state index contributed by atoms with van der Waals surface area (Å²) in [7, 11) is 0. The summed E-state index contributed by atoms with van der Waals surface area (Å²) < 4.78 is 0. The van der Waals surface area contributed by atoms with E-state index in [2.05, 4.69) is 25.3 Å². The van der Waals surface area contributed by atoms with Crippen molar-refractivity contribution >= 4 is 22.9 Å². The van der Waals surface area contributed by atoms with Crippen molar-refractivity contribution < 1.29 is 9.90 Å². The number of amides is 1. The van der Waals surface area contributed by atoms with Crippen molar-refractivity contribution in [1.82, 2.24) is 19.9 Å². The average molecular weight is 222 g/mol. The van der Waals surface area contributed by atoms with E-state index in [-0.39, 0.29) is 6.54 Å². The zero-order valence-corrected chi connectivity index (χ0v) is 8.21. The monoisotopic (exact) mass is 222 g/mol. The Balaban J connectivity index is 2.15. The number of hydrogen-bond acceptors (Lipinski definition) is 6. The number of aliphatic hydroxyl groups excluding tert-OH is 1. The fourth-order valence-corrected chi connectivity index (χ4v) is 1.19. The highest BCUT2D eigenvalue weighted by molar-refractivity contribution is 5.83. The van der Waals surface area contributed by atoms with E-state index < -0.39 is 12.0 Å². The van der Waals surface area contributed by atoms with Crippen LogP contribution in [0.4, 0.5) is 5.82 Å². The van der Waals surface area contributed by atoms with Gasteiger partial charge in [0.25, 0.3) is 0 Å². The Kier molecular flexibility index (Phi) is 2.64. The third kappa shape index (κ3) is 1.91. The van der Waals surface area contributed by atoms with Gasteiger partial charge in [-0.3, -0.25) is 4.79 Å². The molecule has 0 aliphatic rings. The Bertz CT molecular complexity index is 510. The molecular weight excluding hydrogens is 212 g/mol. The highest BCUT2D eigenvalue weighted by Gasteiger charge is 2.12. The second kappa shape index (κ2) is 4.11. The van der Waals surface area contributed by atoms with E-state index in [1.54, 1.807) is 0 Å². The van der Waals surface area contributed by atoms with Crippen LogP contribution in [-0.2, 0) is 4.79 Å². The van der Waals surface area contributed by atoms with Crippen molar-refractivity contribution in [2.75, 3.05) is 11.9 Å². The lowest BCUT2D eigenvalue weighted by Crippen LogP contribution is -2.34. The van der Waals surface area contributed by atoms with E-state index in [1.807, 2.05) is 0 Å². The van der Waals surface area contributed by atoms with Gasteiger partial charge >= 0.3 is 0 Å². The molecular formula is C8H10N6O2. The van der Waals surface area contributed by atoms with E-state index in [0.717, 1.165) is 0 Å². The fourth-order valence-electron chi connectivity index (χ4n) is 1.19. The summed E-state index contributed by atoms with van der Waals surface area (Å²) in [4.78, 5) is 25.3. The van der Waals surface area contributed by atoms with Crippen molar-refractivity contribution in [3.05, 3.63) is 12.7 Å². The number of aromatic nitrogens is 4. The van der Waals surface area contributed by atoms with Crippen LogP contribution in [0.3, 0.4) is 0 Å². The molecule has 0 spiro atoms. The zero-order valence-electron chi connectivity index (χ0n) is 8.21. The molecule has 0 aliphatic carbocycles. The minimum absolute atomic E-state index is 0.0134. The molecule has 0 radical (unpaired) electrons. The topological polar surface area (TPSA) is 130 Å². The van der Waals surface area contributed by atoms with Gasteiger partial charge in [-0.05, 0) is 0 Å². The average Bonchev–Trinajstić information content (AvgIpc) is 2.73. The smallest absolute Gasteiger partial charge is 0.248 e. The van der Waals surface area contributed by atoms with Gasteiger partial charge in [-0.2, -0.15) is 0 Å². The molecule has 0 fully saturated rings. The summed E-state index contributed by atoms with van der Waals surface area (Å²) >= 11 is 0. The maximum absolute atomic E-state index is 10.6. The number of primary amides is 1. The van der Waals surface area contributed by atoms with Gasteiger partial charge in [0.2, 0.25) is 5.91 Å². The molecule has 2 aromatic rings. The lowest BCUT2D eigenvalue weighted by molar-refractivity contribution is -0.125. The van der Waals surface area contributed by atoms with E-state index in [0.29, 0.717) is 17.0 Å². The number of aliphatic hydroxyl groups is 1. The molecule has 0 aromatic carbocycles. The fraction of sp³-hybridized carbons (Fsp3) is 0.250. The summed E-state index contributed by atoms with van der Waals surface area (Å²) in [5.41, 5.74) is 6.03. The van der Waals surface area contributed by atoms with Gasteiger partial charge in [-0.1, -0.05) is 0 Å². The normalized spacial score (nSPS) is 12.6. The lowest BCUT2D eigenvalue weighted by atomic mass is 10.3. The van der Waals surface area contributed by atoms with Crippen molar-refractivity contribution in [3.8, 4) is 0 Å². The number of imidazole rings is 1. The standard InChI is InChI=1S/C8H10N6O2/c9-6(16)4(15)1-10-7-5-8(12-2-11-5)14-3-13-7/h2-4,15H,1H2,(H2,9,16)(H2,10,11,12,13,14). The first-order chi connectivity index (χ1) is 7.68. The molecule has 8 nitrogen and oxygen atoms in total. The van der Waals surface area contributed by atoms with Crippen LogP contribution in [0.2, 0.25) is 0 Å². The van der Waals surface area contributed by atoms with Crippen LogP contribution in [-0.4, -0.2) is 43.6 Å². The van der Waals surface area contributed by atoms with Gasteiger partial charge in [0.15, 0.2) is 11.5 Å². The highest BCUT2D eigenvalue weighted by Crippen LogP contribution is 2.13. The lowest BCUT2D eigenvalue weighted by Gasteiger charge is -2.08. The predicted octanol–water partition coefficient (Wildman–Crippen LogP) is -1.39. The SMILES string of the molecule is NC(=O)C(O)CNc1ncnc2nc[nH]c12. The largest absolute Gasteiger partial charge is 0.381 e. The number of anilines is 1. The Hall–Kier alpha value is -2.22. The molecule has 1 amide bonds. The minimum Gasteiger partial charge on any atom is -0.381 e. The second-order valence-electron chi connectivity index (χ2n) is 3.12. The van der Waals surface area contributed by atoms with E-state index >= 15 is 0 Å². The Labute approximate surface area is 89.9 Å².